The quantitative estimate of drug-likeness (QED) is 0.790. The number of rotatable bonds is 4. The largest absolute Gasteiger partial charge is 0.480 e. The van der Waals surface area contributed by atoms with Gasteiger partial charge >= 0.3 is 5.97 Å². The van der Waals surface area contributed by atoms with E-state index in [-0.39, 0.29) is 5.75 Å². The lowest BCUT2D eigenvalue weighted by atomic mass is 10.1. The Kier molecular flexibility index (Phi) is 3.96. The highest BCUT2D eigenvalue weighted by Crippen LogP contribution is 2.20. The molecular weight excluding hydrogens is 236 g/mol. The van der Waals surface area contributed by atoms with Gasteiger partial charge in [0.05, 0.1) is 10.0 Å². The summed E-state index contributed by atoms with van der Waals surface area (Å²) in [6.07, 6.45) is 1.51. The summed E-state index contributed by atoms with van der Waals surface area (Å²) >= 11 is 6.95. The highest BCUT2D eigenvalue weighted by molar-refractivity contribution is 7.99. The number of carbonyl (C=O) groups is 1. The third-order valence-electron chi connectivity index (χ3n) is 1.71. The maximum Gasteiger partial charge on any atom is 0.324 e. The van der Waals surface area contributed by atoms with Crippen molar-refractivity contribution < 1.29 is 9.90 Å². The van der Waals surface area contributed by atoms with Crippen LogP contribution in [0.1, 0.15) is 6.92 Å². The van der Waals surface area contributed by atoms with Crippen molar-refractivity contribution in [2.75, 3.05) is 5.75 Å². The maximum absolute atomic E-state index is 10.7. The van der Waals surface area contributed by atoms with E-state index in [4.69, 9.17) is 22.4 Å². The Balaban J connectivity index is 2.57. The van der Waals surface area contributed by atoms with Crippen molar-refractivity contribution in [2.45, 2.75) is 17.5 Å². The second-order valence-electron chi connectivity index (χ2n) is 3.33. The molecule has 4 nitrogen and oxygen atoms in total. The van der Waals surface area contributed by atoms with E-state index in [2.05, 4.69) is 4.98 Å². The summed E-state index contributed by atoms with van der Waals surface area (Å²) in [5, 5.41) is 10.0. The fourth-order valence-corrected chi connectivity index (χ4v) is 1.71. The molecule has 0 bridgehead atoms. The average Bonchev–Trinajstić information content (AvgIpc) is 2.17. The van der Waals surface area contributed by atoms with E-state index in [1.165, 1.54) is 24.9 Å². The highest BCUT2D eigenvalue weighted by Gasteiger charge is 2.27. The lowest BCUT2D eigenvalue weighted by Gasteiger charge is -2.17. The summed E-state index contributed by atoms with van der Waals surface area (Å²) in [6.45, 7) is 1.47. The van der Waals surface area contributed by atoms with E-state index in [1.54, 1.807) is 12.1 Å². The van der Waals surface area contributed by atoms with Crippen LogP contribution in [-0.4, -0.2) is 27.4 Å². The molecule has 0 aliphatic carbocycles. The maximum atomic E-state index is 10.7. The molecule has 82 valence electrons. The van der Waals surface area contributed by atoms with Crippen molar-refractivity contribution in [3.63, 3.8) is 0 Å². The minimum Gasteiger partial charge on any atom is -0.480 e. The standard InChI is InChI=1S/C9H11ClN2O2S/c1-9(11,8(13)14)5-15-7-3-2-6(10)4-12-7/h2-4H,5,11H2,1H3,(H,13,14). The molecule has 6 heteroatoms. The van der Waals surface area contributed by atoms with Crippen molar-refractivity contribution in [2.24, 2.45) is 5.73 Å². The van der Waals surface area contributed by atoms with E-state index in [0.717, 1.165) is 0 Å². The lowest BCUT2D eigenvalue weighted by molar-refractivity contribution is -0.141. The number of nitrogens with zero attached hydrogens (tertiary/aromatic N) is 1. The van der Waals surface area contributed by atoms with E-state index in [0.29, 0.717) is 10.0 Å². The fourth-order valence-electron chi connectivity index (χ4n) is 0.733. The number of thioether (sulfide) groups is 1. The van der Waals surface area contributed by atoms with Crippen LogP contribution >= 0.6 is 23.4 Å². The fraction of sp³-hybridized carbons (Fsp3) is 0.333. The summed E-state index contributed by atoms with van der Waals surface area (Å²) in [5.41, 5.74) is 4.32. The average molecular weight is 247 g/mol. The Labute approximate surface area is 96.8 Å². The molecule has 0 aliphatic heterocycles. The second-order valence-corrected chi connectivity index (χ2v) is 4.76. The summed E-state index contributed by atoms with van der Waals surface area (Å²) in [5.74, 6) is -0.763. The topological polar surface area (TPSA) is 76.2 Å². The first kappa shape index (κ1) is 12.3. The second kappa shape index (κ2) is 4.83. The number of aromatic nitrogens is 1. The van der Waals surface area contributed by atoms with Crippen LogP contribution in [0.4, 0.5) is 0 Å². The molecule has 0 saturated heterocycles. The van der Waals surface area contributed by atoms with Gasteiger partial charge < -0.3 is 10.8 Å². The summed E-state index contributed by atoms with van der Waals surface area (Å²) < 4.78 is 0. The van der Waals surface area contributed by atoms with Gasteiger partial charge in [0.15, 0.2) is 0 Å². The van der Waals surface area contributed by atoms with Gasteiger partial charge in [0, 0.05) is 11.9 Å². The monoisotopic (exact) mass is 246 g/mol. The Morgan fingerprint density at radius 1 is 1.73 bits per heavy atom. The Morgan fingerprint density at radius 3 is 2.87 bits per heavy atom. The van der Waals surface area contributed by atoms with Crippen molar-refractivity contribution in [3.8, 4) is 0 Å². The number of pyridine rings is 1. The smallest absolute Gasteiger partial charge is 0.324 e. The molecule has 1 heterocycles. The SMILES string of the molecule is CC(N)(CSc1ccc(Cl)cn1)C(=O)O. The van der Waals surface area contributed by atoms with Gasteiger partial charge in [0.1, 0.15) is 5.54 Å². The molecule has 0 aromatic carbocycles. The molecule has 1 aromatic rings. The molecule has 3 N–H and O–H groups in total. The van der Waals surface area contributed by atoms with Crippen LogP contribution in [0, 0.1) is 0 Å². The van der Waals surface area contributed by atoms with Gasteiger partial charge in [-0.1, -0.05) is 11.6 Å². The normalized spacial score (nSPS) is 14.6. The van der Waals surface area contributed by atoms with Crippen molar-refractivity contribution in [1.29, 1.82) is 0 Å². The van der Waals surface area contributed by atoms with Gasteiger partial charge in [-0.05, 0) is 19.1 Å². The van der Waals surface area contributed by atoms with Crippen LogP contribution < -0.4 is 5.73 Å². The van der Waals surface area contributed by atoms with Crippen molar-refractivity contribution in [3.05, 3.63) is 23.4 Å². The first-order chi connectivity index (χ1) is 6.92. The first-order valence-electron chi connectivity index (χ1n) is 4.18. The van der Waals surface area contributed by atoms with Crippen LogP contribution in [0.15, 0.2) is 23.4 Å². The predicted molar refractivity (Wildman–Crippen MR) is 60.2 cm³/mol. The van der Waals surface area contributed by atoms with Gasteiger partial charge in [-0.3, -0.25) is 4.79 Å². The number of hydrogen-bond donors (Lipinski definition) is 2. The molecular formula is C9H11ClN2O2S. The predicted octanol–water partition coefficient (Wildman–Crippen LogP) is 1.63. The lowest BCUT2D eigenvalue weighted by Crippen LogP contribution is -2.47. The molecule has 0 amide bonds. The molecule has 1 unspecified atom stereocenters. The van der Waals surface area contributed by atoms with Crippen molar-refractivity contribution in [1.82, 2.24) is 4.98 Å². The zero-order valence-electron chi connectivity index (χ0n) is 8.11. The first-order valence-corrected chi connectivity index (χ1v) is 5.55. The van der Waals surface area contributed by atoms with E-state index >= 15 is 0 Å². The number of halogens is 1. The molecule has 1 aromatic heterocycles. The van der Waals surface area contributed by atoms with Crippen LogP contribution in [0.25, 0.3) is 0 Å². The van der Waals surface area contributed by atoms with Crippen LogP contribution in [0.2, 0.25) is 5.02 Å². The number of carboxylic acid groups (broad SMARTS) is 1. The molecule has 0 fully saturated rings. The molecule has 1 rings (SSSR count). The molecule has 0 radical (unpaired) electrons. The van der Waals surface area contributed by atoms with Gasteiger partial charge in [-0.15, -0.1) is 11.8 Å². The third kappa shape index (κ3) is 3.70. The van der Waals surface area contributed by atoms with Crippen LogP contribution in [0.5, 0.6) is 0 Å². The van der Waals surface area contributed by atoms with Crippen LogP contribution in [0.3, 0.4) is 0 Å². The number of hydrogen-bond acceptors (Lipinski definition) is 4. The molecule has 0 spiro atoms. The van der Waals surface area contributed by atoms with Gasteiger partial charge in [0.25, 0.3) is 0 Å². The minimum atomic E-state index is -1.24. The van der Waals surface area contributed by atoms with E-state index in [9.17, 15) is 4.79 Å². The zero-order valence-corrected chi connectivity index (χ0v) is 9.68. The Hall–Kier alpha value is -0.780. The number of aliphatic carboxylic acids is 1. The summed E-state index contributed by atoms with van der Waals surface area (Å²) in [7, 11) is 0. The Bertz CT molecular complexity index is 354. The van der Waals surface area contributed by atoms with Gasteiger partial charge in [-0.25, -0.2) is 4.98 Å². The van der Waals surface area contributed by atoms with Gasteiger partial charge in [-0.2, -0.15) is 0 Å². The molecule has 15 heavy (non-hydrogen) atoms. The minimum absolute atomic E-state index is 0.261. The highest BCUT2D eigenvalue weighted by atomic mass is 35.5. The summed E-state index contributed by atoms with van der Waals surface area (Å²) in [4.78, 5) is 14.7. The van der Waals surface area contributed by atoms with E-state index < -0.39 is 11.5 Å². The zero-order chi connectivity index (χ0) is 11.5. The molecule has 0 saturated carbocycles. The molecule has 0 aliphatic rings. The van der Waals surface area contributed by atoms with Gasteiger partial charge in [0.2, 0.25) is 0 Å². The van der Waals surface area contributed by atoms with Crippen LogP contribution in [-0.2, 0) is 4.79 Å². The Morgan fingerprint density at radius 2 is 2.40 bits per heavy atom. The van der Waals surface area contributed by atoms with E-state index in [1.807, 2.05) is 0 Å². The number of nitrogens with two attached hydrogens (primary N) is 1. The summed E-state index contributed by atoms with van der Waals surface area (Å²) in [6, 6.07) is 3.43. The number of carboxylic acids is 1. The molecule has 1 atom stereocenters. The van der Waals surface area contributed by atoms with Crippen molar-refractivity contribution >= 4 is 29.3 Å². The third-order valence-corrected chi connectivity index (χ3v) is 3.21.